The average molecular weight is 282 g/mol. The van der Waals surface area contributed by atoms with Crippen molar-refractivity contribution >= 4 is 11.9 Å². The van der Waals surface area contributed by atoms with E-state index in [9.17, 15) is 14.0 Å². The van der Waals surface area contributed by atoms with E-state index in [-0.39, 0.29) is 19.4 Å². The summed E-state index contributed by atoms with van der Waals surface area (Å²) in [7, 11) is 0. The molecule has 6 heteroatoms. The zero-order chi connectivity index (χ0) is 14.9. The first-order chi connectivity index (χ1) is 9.40. The molecule has 1 aromatic carbocycles. The van der Waals surface area contributed by atoms with Crippen LogP contribution in [0.2, 0.25) is 0 Å². The first-order valence-corrected chi connectivity index (χ1v) is 6.28. The number of rotatable bonds is 5. The number of esters is 1. The van der Waals surface area contributed by atoms with E-state index in [2.05, 4.69) is 0 Å². The number of hydrogen-bond acceptors (Lipinski definition) is 4. The van der Waals surface area contributed by atoms with Crippen molar-refractivity contribution in [3.05, 3.63) is 29.6 Å². The number of ether oxygens (including phenoxy) is 1. The summed E-state index contributed by atoms with van der Waals surface area (Å²) in [6.07, 6.45) is 0.268. The molecule has 108 valence electrons. The van der Waals surface area contributed by atoms with Crippen LogP contribution < -0.4 is 0 Å². The summed E-state index contributed by atoms with van der Waals surface area (Å²) >= 11 is 0. The van der Waals surface area contributed by atoms with Gasteiger partial charge in [0.1, 0.15) is 0 Å². The Labute approximate surface area is 115 Å². The minimum absolute atomic E-state index is 0.0833. The van der Waals surface area contributed by atoms with Crippen molar-refractivity contribution in [2.24, 2.45) is 11.3 Å². The predicted molar refractivity (Wildman–Crippen MR) is 66.6 cm³/mol. The van der Waals surface area contributed by atoms with Crippen LogP contribution >= 0.6 is 0 Å². The maximum Gasteiger partial charge on any atom is 0.313 e. The van der Waals surface area contributed by atoms with Crippen LogP contribution in [0.25, 0.3) is 0 Å². The monoisotopic (exact) mass is 282 g/mol. The maximum atomic E-state index is 13.3. The van der Waals surface area contributed by atoms with Crippen molar-refractivity contribution in [1.29, 1.82) is 0 Å². The second-order valence-electron chi connectivity index (χ2n) is 4.93. The van der Waals surface area contributed by atoms with Crippen LogP contribution in [-0.4, -0.2) is 28.8 Å². The van der Waals surface area contributed by atoms with Crippen molar-refractivity contribution in [3.63, 3.8) is 0 Å². The summed E-state index contributed by atoms with van der Waals surface area (Å²) in [6.45, 7) is 1.81. The highest BCUT2D eigenvalue weighted by molar-refractivity contribution is 5.90. The third-order valence-electron chi connectivity index (χ3n) is 3.59. The third-order valence-corrected chi connectivity index (χ3v) is 3.59. The number of carboxylic acids is 1. The van der Waals surface area contributed by atoms with Crippen molar-refractivity contribution in [1.82, 2.24) is 0 Å². The first-order valence-electron chi connectivity index (χ1n) is 6.28. The average Bonchev–Trinajstić information content (AvgIpc) is 3.10. The number of phenolic OH excluding ortho intramolecular Hbond substituents is 1. The van der Waals surface area contributed by atoms with E-state index in [4.69, 9.17) is 14.9 Å². The number of carbonyl (C=O) groups excluding carboxylic acids is 1. The molecule has 1 saturated carbocycles. The van der Waals surface area contributed by atoms with Crippen LogP contribution in [0, 0.1) is 17.2 Å². The Morgan fingerprint density at radius 1 is 1.50 bits per heavy atom. The molecular formula is C14H15FO5. The lowest BCUT2D eigenvalue weighted by molar-refractivity contribution is -0.153. The lowest BCUT2D eigenvalue weighted by Gasteiger charge is -2.15. The number of aliphatic carboxylic acids is 1. The van der Waals surface area contributed by atoms with Gasteiger partial charge in [-0.1, -0.05) is 6.07 Å². The van der Waals surface area contributed by atoms with E-state index in [0.717, 1.165) is 6.07 Å². The predicted octanol–water partition coefficient (Wildman–Crippen LogP) is 1.73. The molecule has 0 aliphatic heterocycles. The summed E-state index contributed by atoms with van der Waals surface area (Å²) in [5.41, 5.74) is -0.664. The summed E-state index contributed by atoms with van der Waals surface area (Å²) in [5, 5.41) is 18.2. The Hall–Kier alpha value is -2.11. The second kappa shape index (κ2) is 5.11. The molecule has 0 saturated heterocycles. The number of halogens is 1. The van der Waals surface area contributed by atoms with Gasteiger partial charge in [0.2, 0.25) is 0 Å². The molecule has 2 N–H and O–H groups in total. The Morgan fingerprint density at radius 2 is 2.20 bits per heavy atom. The van der Waals surface area contributed by atoms with Gasteiger partial charge in [-0.2, -0.15) is 0 Å². The Bertz CT molecular complexity index is 556. The molecule has 1 aromatic rings. The molecule has 20 heavy (non-hydrogen) atoms. The topological polar surface area (TPSA) is 83.8 Å². The fraction of sp³-hybridized carbons (Fsp3) is 0.429. The van der Waals surface area contributed by atoms with Gasteiger partial charge in [-0.15, -0.1) is 0 Å². The van der Waals surface area contributed by atoms with Crippen LogP contribution in [0.15, 0.2) is 18.2 Å². The zero-order valence-electron chi connectivity index (χ0n) is 10.9. The van der Waals surface area contributed by atoms with Crippen molar-refractivity contribution in [3.8, 4) is 5.75 Å². The van der Waals surface area contributed by atoms with E-state index < -0.39 is 34.8 Å². The molecule has 0 spiro atoms. The summed E-state index contributed by atoms with van der Waals surface area (Å²) in [4.78, 5) is 23.0. The highest BCUT2D eigenvalue weighted by atomic mass is 19.1. The van der Waals surface area contributed by atoms with Crippen molar-refractivity contribution in [2.75, 3.05) is 6.61 Å². The highest BCUT2D eigenvalue weighted by Crippen LogP contribution is 2.56. The van der Waals surface area contributed by atoms with Crippen LogP contribution in [0.4, 0.5) is 4.39 Å². The van der Waals surface area contributed by atoms with E-state index >= 15 is 0 Å². The van der Waals surface area contributed by atoms with Crippen LogP contribution in [0.1, 0.15) is 18.9 Å². The van der Waals surface area contributed by atoms with Crippen molar-refractivity contribution < 1.29 is 28.9 Å². The highest BCUT2D eigenvalue weighted by Gasteiger charge is 2.64. The van der Waals surface area contributed by atoms with Gasteiger partial charge in [-0.25, -0.2) is 4.39 Å². The largest absolute Gasteiger partial charge is 0.505 e. The molecule has 0 heterocycles. The quantitative estimate of drug-likeness (QED) is 0.803. The normalized spacial score (nSPS) is 24.2. The Balaban J connectivity index is 2.23. The van der Waals surface area contributed by atoms with Crippen LogP contribution in [0.3, 0.4) is 0 Å². The number of carbonyl (C=O) groups is 2. The van der Waals surface area contributed by atoms with Gasteiger partial charge < -0.3 is 14.9 Å². The first kappa shape index (κ1) is 14.3. The SMILES string of the molecule is CCOC(=O)[C@@]1(Cc2ccc(O)c(F)c2)C[C@@H]1C(=O)O. The second-order valence-corrected chi connectivity index (χ2v) is 4.93. The summed E-state index contributed by atoms with van der Waals surface area (Å²) in [6, 6.07) is 3.76. The van der Waals surface area contributed by atoms with Crippen LogP contribution in [0.5, 0.6) is 5.75 Å². The van der Waals surface area contributed by atoms with Crippen molar-refractivity contribution in [2.45, 2.75) is 19.8 Å². The lowest BCUT2D eigenvalue weighted by atomic mass is 9.93. The van der Waals surface area contributed by atoms with E-state index in [1.807, 2.05) is 0 Å². The number of benzene rings is 1. The Kier molecular flexibility index (Phi) is 3.65. The minimum Gasteiger partial charge on any atom is -0.505 e. The molecule has 0 aromatic heterocycles. The number of hydrogen-bond donors (Lipinski definition) is 2. The molecule has 0 bridgehead atoms. The fourth-order valence-electron chi connectivity index (χ4n) is 2.42. The molecule has 0 amide bonds. The molecule has 1 aliphatic rings. The summed E-state index contributed by atoms with van der Waals surface area (Å²) in [5.74, 6) is -3.71. The molecule has 1 fully saturated rings. The van der Waals surface area contributed by atoms with Gasteiger partial charge in [0, 0.05) is 0 Å². The molecule has 1 aliphatic carbocycles. The third kappa shape index (κ3) is 2.45. The molecule has 2 atom stereocenters. The maximum absolute atomic E-state index is 13.3. The minimum atomic E-state index is -1.12. The standard InChI is InChI=1S/C14H15FO5/c1-2-20-13(19)14(7-9(14)12(17)18)6-8-3-4-11(16)10(15)5-8/h3-5,9,16H,2,6-7H2,1H3,(H,17,18)/t9-,14+/m1/s1. The lowest BCUT2D eigenvalue weighted by Crippen LogP contribution is -2.26. The van der Waals surface area contributed by atoms with Gasteiger partial charge >= 0.3 is 11.9 Å². The van der Waals surface area contributed by atoms with Crippen LogP contribution in [-0.2, 0) is 20.7 Å². The van der Waals surface area contributed by atoms with E-state index in [1.54, 1.807) is 6.92 Å². The molecular weight excluding hydrogens is 267 g/mol. The van der Waals surface area contributed by atoms with Gasteiger partial charge in [-0.05, 0) is 37.5 Å². The number of aromatic hydroxyl groups is 1. The zero-order valence-corrected chi connectivity index (χ0v) is 10.9. The van der Waals surface area contributed by atoms with E-state index in [1.165, 1.54) is 12.1 Å². The van der Waals surface area contributed by atoms with E-state index in [0.29, 0.717) is 5.56 Å². The number of carboxylic acid groups (broad SMARTS) is 1. The molecule has 2 rings (SSSR count). The molecule has 5 nitrogen and oxygen atoms in total. The Morgan fingerprint density at radius 3 is 2.70 bits per heavy atom. The molecule has 0 radical (unpaired) electrons. The number of phenols is 1. The fourth-order valence-corrected chi connectivity index (χ4v) is 2.42. The molecule has 0 unspecified atom stereocenters. The van der Waals surface area contributed by atoms with Gasteiger partial charge in [0.05, 0.1) is 17.9 Å². The summed E-state index contributed by atoms with van der Waals surface area (Å²) < 4.78 is 18.2. The van der Waals surface area contributed by atoms with Gasteiger partial charge in [-0.3, -0.25) is 9.59 Å². The van der Waals surface area contributed by atoms with Gasteiger partial charge in [0.15, 0.2) is 11.6 Å². The smallest absolute Gasteiger partial charge is 0.313 e. The van der Waals surface area contributed by atoms with Gasteiger partial charge in [0.25, 0.3) is 0 Å².